The van der Waals surface area contributed by atoms with Gasteiger partial charge in [0.2, 0.25) is 5.91 Å². The molecule has 1 aliphatic rings. The zero-order valence-corrected chi connectivity index (χ0v) is 11.2. The van der Waals surface area contributed by atoms with Crippen LogP contribution in [0.4, 0.5) is 4.79 Å². The molecule has 114 valence electrons. The SMILES string of the molecule is O=C(O)Cn1cc(CNC(=O)NCC2CCC(=O)N2)nn1. The zero-order valence-electron chi connectivity index (χ0n) is 11.2. The molecular formula is C11H16N6O4. The fraction of sp³-hybridized carbons (Fsp3) is 0.545. The quantitative estimate of drug-likeness (QED) is 0.501. The highest BCUT2D eigenvalue weighted by Gasteiger charge is 2.20. The van der Waals surface area contributed by atoms with Crippen LogP contribution in [0.1, 0.15) is 18.5 Å². The zero-order chi connectivity index (χ0) is 15.2. The summed E-state index contributed by atoms with van der Waals surface area (Å²) in [6, 6.07) is -0.413. The normalized spacial score (nSPS) is 17.3. The Bertz CT molecular complexity index is 543. The van der Waals surface area contributed by atoms with Crippen molar-refractivity contribution >= 4 is 17.9 Å². The van der Waals surface area contributed by atoms with Crippen LogP contribution >= 0.6 is 0 Å². The Kier molecular flexibility index (Phi) is 4.69. The van der Waals surface area contributed by atoms with E-state index >= 15 is 0 Å². The van der Waals surface area contributed by atoms with Gasteiger partial charge in [-0.05, 0) is 6.42 Å². The lowest BCUT2D eigenvalue weighted by molar-refractivity contribution is -0.137. The molecule has 10 nitrogen and oxygen atoms in total. The van der Waals surface area contributed by atoms with E-state index in [-0.39, 0.29) is 31.1 Å². The summed E-state index contributed by atoms with van der Waals surface area (Å²) in [4.78, 5) is 33.0. The first-order chi connectivity index (χ1) is 10.0. The number of rotatable bonds is 6. The molecule has 0 saturated carbocycles. The molecule has 1 aromatic heterocycles. The van der Waals surface area contributed by atoms with E-state index in [1.165, 1.54) is 10.9 Å². The standard InChI is InChI=1S/C11H16N6O4/c18-9-2-1-7(14-9)3-12-11(21)13-4-8-5-17(16-15-8)6-10(19)20/h5,7H,1-4,6H2,(H,14,18)(H,19,20)(H2,12,13,21). The summed E-state index contributed by atoms with van der Waals surface area (Å²) >= 11 is 0. The Labute approximate surface area is 119 Å². The van der Waals surface area contributed by atoms with Gasteiger partial charge >= 0.3 is 12.0 Å². The van der Waals surface area contributed by atoms with Gasteiger partial charge in [-0.15, -0.1) is 5.10 Å². The van der Waals surface area contributed by atoms with E-state index in [4.69, 9.17) is 5.11 Å². The first kappa shape index (κ1) is 14.8. The minimum Gasteiger partial charge on any atom is -0.480 e. The van der Waals surface area contributed by atoms with Gasteiger partial charge in [0.25, 0.3) is 0 Å². The lowest BCUT2D eigenvalue weighted by Gasteiger charge is -2.11. The average molecular weight is 296 g/mol. The Balaban J connectivity index is 1.67. The van der Waals surface area contributed by atoms with Gasteiger partial charge in [-0.2, -0.15) is 0 Å². The van der Waals surface area contributed by atoms with Crippen molar-refractivity contribution in [2.75, 3.05) is 6.54 Å². The maximum absolute atomic E-state index is 11.6. The number of nitrogens with one attached hydrogen (secondary N) is 3. The molecule has 21 heavy (non-hydrogen) atoms. The molecule has 0 aromatic carbocycles. The van der Waals surface area contributed by atoms with E-state index in [1.807, 2.05) is 0 Å². The second-order valence-electron chi connectivity index (χ2n) is 4.67. The summed E-state index contributed by atoms with van der Waals surface area (Å²) in [5, 5.41) is 23.9. The van der Waals surface area contributed by atoms with E-state index in [0.717, 1.165) is 0 Å². The predicted octanol–water partition coefficient (Wildman–Crippen LogP) is -1.56. The highest BCUT2D eigenvalue weighted by molar-refractivity contribution is 5.79. The number of amides is 3. The van der Waals surface area contributed by atoms with Crippen LogP contribution in [0.25, 0.3) is 0 Å². The molecule has 0 spiro atoms. The minimum absolute atomic E-state index is 0.00254. The van der Waals surface area contributed by atoms with Gasteiger partial charge in [0.05, 0.1) is 12.7 Å². The van der Waals surface area contributed by atoms with E-state index < -0.39 is 5.97 Å². The molecule has 1 aromatic rings. The summed E-state index contributed by atoms with van der Waals surface area (Å²) in [6.45, 7) is 0.229. The van der Waals surface area contributed by atoms with Gasteiger partial charge in [-0.25, -0.2) is 9.48 Å². The van der Waals surface area contributed by atoms with Gasteiger partial charge < -0.3 is 21.1 Å². The van der Waals surface area contributed by atoms with Crippen molar-refractivity contribution in [3.63, 3.8) is 0 Å². The smallest absolute Gasteiger partial charge is 0.325 e. The number of carbonyl (C=O) groups excluding carboxylic acids is 2. The Morgan fingerprint density at radius 3 is 2.95 bits per heavy atom. The molecule has 1 unspecified atom stereocenters. The first-order valence-corrected chi connectivity index (χ1v) is 6.45. The van der Waals surface area contributed by atoms with Crippen LogP contribution < -0.4 is 16.0 Å². The summed E-state index contributed by atoms with van der Waals surface area (Å²) in [5.41, 5.74) is 0.459. The molecule has 0 radical (unpaired) electrons. The number of carboxylic acids is 1. The number of urea groups is 1. The summed E-state index contributed by atoms with van der Waals surface area (Å²) in [6.07, 6.45) is 2.65. The van der Waals surface area contributed by atoms with Gasteiger partial charge in [0.1, 0.15) is 12.2 Å². The number of carbonyl (C=O) groups is 3. The number of carboxylic acid groups (broad SMARTS) is 1. The molecule has 0 aliphatic carbocycles. The first-order valence-electron chi connectivity index (χ1n) is 6.45. The fourth-order valence-corrected chi connectivity index (χ4v) is 1.92. The minimum atomic E-state index is -1.02. The molecule has 10 heteroatoms. The molecule has 3 amide bonds. The molecule has 1 saturated heterocycles. The van der Waals surface area contributed by atoms with Crippen molar-refractivity contribution < 1.29 is 19.5 Å². The number of hydrogen-bond donors (Lipinski definition) is 4. The van der Waals surface area contributed by atoms with Gasteiger partial charge in [0, 0.05) is 19.0 Å². The third kappa shape index (κ3) is 4.75. The lowest BCUT2D eigenvalue weighted by atomic mass is 10.2. The van der Waals surface area contributed by atoms with Crippen molar-refractivity contribution in [2.45, 2.75) is 32.0 Å². The predicted molar refractivity (Wildman–Crippen MR) is 69.1 cm³/mol. The molecule has 2 heterocycles. The highest BCUT2D eigenvalue weighted by Crippen LogP contribution is 2.04. The largest absolute Gasteiger partial charge is 0.480 e. The third-order valence-corrected chi connectivity index (χ3v) is 2.91. The number of hydrogen-bond acceptors (Lipinski definition) is 5. The molecule has 0 bridgehead atoms. The molecular weight excluding hydrogens is 280 g/mol. The molecule has 1 fully saturated rings. The van der Waals surface area contributed by atoms with Crippen molar-refractivity contribution in [3.05, 3.63) is 11.9 Å². The van der Waals surface area contributed by atoms with Crippen LogP contribution in [0.2, 0.25) is 0 Å². The molecule has 2 rings (SSSR count). The maximum atomic E-state index is 11.6. The van der Waals surface area contributed by atoms with E-state index in [2.05, 4.69) is 26.3 Å². The Morgan fingerprint density at radius 1 is 1.48 bits per heavy atom. The monoisotopic (exact) mass is 296 g/mol. The van der Waals surface area contributed by atoms with E-state index in [9.17, 15) is 14.4 Å². The van der Waals surface area contributed by atoms with Crippen LogP contribution in [0, 0.1) is 0 Å². The van der Waals surface area contributed by atoms with Crippen molar-refractivity contribution in [2.24, 2.45) is 0 Å². The van der Waals surface area contributed by atoms with Gasteiger partial charge in [0.15, 0.2) is 0 Å². The third-order valence-electron chi connectivity index (χ3n) is 2.91. The van der Waals surface area contributed by atoms with E-state index in [0.29, 0.717) is 25.1 Å². The second kappa shape index (κ2) is 6.68. The average Bonchev–Trinajstić information content (AvgIpc) is 3.02. The topological polar surface area (TPSA) is 138 Å². The van der Waals surface area contributed by atoms with Crippen molar-refractivity contribution in [1.29, 1.82) is 0 Å². The fourth-order valence-electron chi connectivity index (χ4n) is 1.92. The summed E-state index contributed by atoms with van der Waals surface area (Å²) in [7, 11) is 0. The second-order valence-corrected chi connectivity index (χ2v) is 4.67. The maximum Gasteiger partial charge on any atom is 0.325 e. The number of aliphatic carboxylic acids is 1. The molecule has 4 N–H and O–H groups in total. The Morgan fingerprint density at radius 2 is 2.29 bits per heavy atom. The molecule has 1 aliphatic heterocycles. The van der Waals surface area contributed by atoms with Gasteiger partial charge in [-0.3, -0.25) is 9.59 Å². The van der Waals surface area contributed by atoms with Crippen LogP contribution in [0.3, 0.4) is 0 Å². The van der Waals surface area contributed by atoms with Crippen molar-refractivity contribution in [3.8, 4) is 0 Å². The molecule has 1 atom stereocenters. The lowest BCUT2D eigenvalue weighted by Crippen LogP contribution is -2.42. The van der Waals surface area contributed by atoms with Crippen molar-refractivity contribution in [1.82, 2.24) is 30.9 Å². The summed E-state index contributed by atoms with van der Waals surface area (Å²) < 4.78 is 1.17. The van der Waals surface area contributed by atoms with E-state index in [1.54, 1.807) is 0 Å². The highest BCUT2D eigenvalue weighted by atomic mass is 16.4. The van der Waals surface area contributed by atoms with Crippen LogP contribution in [-0.4, -0.2) is 50.6 Å². The number of nitrogens with zero attached hydrogens (tertiary/aromatic N) is 3. The van der Waals surface area contributed by atoms with Gasteiger partial charge in [-0.1, -0.05) is 5.21 Å². The Hall–Kier alpha value is -2.65. The van der Waals surface area contributed by atoms with Crippen LogP contribution in [0.5, 0.6) is 0 Å². The number of aromatic nitrogens is 3. The van der Waals surface area contributed by atoms with Crippen LogP contribution in [-0.2, 0) is 22.7 Å². The summed E-state index contributed by atoms with van der Waals surface area (Å²) in [5.74, 6) is -1.02. The van der Waals surface area contributed by atoms with Crippen LogP contribution in [0.15, 0.2) is 6.20 Å².